The summed E-state index contributed by atoms with van der Waals surface area (Å²) in [7, 11) is -4.16. The van der Waals surface area contributed by atoms with Gasteiger partial charge in [-0.2, -0.15) is 14.1 Å². The van der Waals surface area contributed by atoms with E-state index >= 15 is 0 Å². The summed E-state index contributed by atoms with van der Waals surface area (Å²) in [5.74, 6) is -1.83. The van der Waals surface area contributed by atoms with E-state index in [9.17, 15) is 22.0 Å². The molecule has 1 aliphatic heterocycles. The van der Waals surface area contributed by atoms with E-state index in [2.05, 4.69) is 5.10 Å². The van der Waals surface area contributed by atoms with E-state index in [4.69, 9.17) is 16.3 Å². The van der Waals surface area contributed by atoms with E-state index in [0.717, 1.165) is 42.1 Å². The van der Waals surface area contributed by atoms with Crippen molar-refractivity contribution in [2.75, 3.05) is 31.1 Å². The molecule has 0 radical (unpaired) electrons. The largest absolute Gasteiger partial charge is 0.483 e. The summed E-state index contributed by atoms with van der Waals surface area (Å²) in [5, 5.41) is 4.80. The monoisotopic (exact) mass is 550 g/mol. The molecule has 1 saturated heterocycles. The highest BCUT2D eigenvalue weighted by atomic mass is 35.5. The van der Waals surface area contributed by atoms with Crippen LogP contribution in [-0.2, 0) is 10.0 Å². The van der Waals surface area contributed by atoms with Crippen LogP contribution in [0.25, 0.3) is 5.69 Å². The summed E-state index contributed by atoms with van der Waals surface area (Å²) < 4.78 is 62.1. The predicted molar refractivity (Wildman–Crippen MR) is 135 cm³/mol. The van der Waals surface area contributed by atoms with Crippen molar-refractivity contribution in [3.05, 3.63) is 75.7 Å². The van der Waals surface area contributed by atoms with E-state index in [1.54, 1.807) is 24.3 Å². The van der Waals surface area contributed by atoms with E-state index in [-0.39, 0.29) is 38.0 Å². The normalized spacial score (nSPS) is 17.3. The van der Waals surface area contributed by atoms with Gasteiger partial charge in [0.1, 0.15) is 22.2 Å². The second kappa shape index (κ2) is 10.4. The molecule has 2 heterocycles. The zero-order valence-electron chi connectivity index (χ0n) is 19.8. The number of benzene rings is 2. The van der Waals surface area contributed by atoms with Gasteiger partial charge in [-0.05, 0) is 56.0 Å². The minimum Gasteiger partial charge on any atom is -0.483 e. The summed E-state index contributed by atoms with van der Waals surface area (Å²) in [6.07, 6.45) is 5.16. The Morgan fingerprint density at radius 1 is 1.00 bits per heavy atom. The first-order valence-electron chi connectivity index (χ1n) is 12.0. The number of aromatic nitrogens is 2. The van der Waals surface area contributed by atoms with E-state index in [0.29, 0.717) is 22.5 Å². The van der Waals surface area contributed by atoms with Crippen LogP contribution in [0, 0.1) is 11.6 Å². The summed E-state index contributed by atoms with van der Waals surface area (Å²) >= 11 is 6.11. The Kier molecular flexibility index (Phi) is 7.19. The maximum Gasteiger partial charge on any atom is 0.316 e. The van der Waals surface area contributed by atoms with Crippen molar-refractivity contribution in [2.24, 2.45) is 0 Å². The molecule has 37 heavy (non-hydrogen) atoms. The molecule has 2 aromatic carbocycles. The maximum atomic E-state index is 14.2. The number of halogens is 3. The van der Waals surface area contributed by atoms with Crippen LogP contribution < -0.4 is 15.2 Å². The van der Waals surface area contributed by atoms with Crippen molar-refractivity contribution >= 4 is 27.3 Å². The quantitative estimate of drug-likeness (QED) is 0.461. The maximum absolute atomic E-state index is 14.2. The van der Waals surface area contributed by atoms with Crippen molar-refractivity contribution in [3.63, 3.8) is 0 Å². The Hall–Kier alpha value is -3.02. The lowest BCUT2D eigenvalue weighted by Crippen LogP contribution is -2.49. The van der Waals surface area contributed by atoms with Crippen molar-refractivity contribution in [1.29, 1.82) is 0 Å². The van der Waals surface area contributed by atoms with Gasteiger partial charge in [0.05, 0.1) is 18.0 Å². The number of hydrogen-bond acceptors (Lipinski definition) is 6. The SMILES string of the molecule is O=c1c(OC2CCCC2)c(N2CCN(S(=O)(=O)c3ccc(F)cc3F)CC2)cnn1-c1cccc(Cl)c1. The molecule has 0 N–H and O–H groups in total. The molecule has 0 atom stereocenters. The van der Waals surface area contributed by atoms with Gasteiger partial charge >= 0.3 is 5.56 Å². The van der Waals surface area contributed by atoms with Gasteiger partial charge in [0.25, 0.3) is 0 Å². The molecule has 2 aliphatic rings. The average molecular weight is 551 g/mol. The van der Waals surface area contributed by atoms with Gasteiger partial charge in [-0.3, -0.25) is 4.79 Å². The smallest absolute Gasteiger partial charge is 0.316 e. The van der Waals surface area contributed by atoms with Crippen LogP contribution in [0.4, 0.5) is 14.5 Å². The highest BCUT2D eigenvalue weighted by molar-refractivity contribution is 7.89. The minimum absolute atomic E-state index is 0.0411. The van der Waals surface area contributed by atoms with Crippen LogP contribution in [0.1, 0.15) is 25.7 Å². The summed E-state index contributed by atoms with van der Waals surface area (Å²) in [6, 6.07) is 9.17. The molecule has 3 aromatic rings. The molecule has 2 fully saturated rings. The van der Waals surface area contributed by atoms with Crippen molar-refractivity contribution in [1.82, 2.24) is 14.1 Å². The molecule has 12 heteroatoms. The molecule has 0 spiro atoms. The fraction of sp³-hybridized carbons (Fsp3) is 0.360. The second-order valence-electron chi connectivity index (χ2n) is 9.05. The van der Waals surface area contributed by atoms with Gasteiger partial charge in [-0.25, -0.2) is 17.2 Å². The second-order valence-corrected chi connectivity index (χ2v) is 11.4. The summed E-state index contributed by atoms with van der Waals surface area (Å²) in [4.78, 5) is 14.8. The van der Waals surface area contributed by atoms with E-state index < -0.39 is 32.1 Å². The van der Waals surface area contributed by atoms with Crippen molar-refractivity contribution in [2.45, 2.75) is 36.7 Å². The Labute approximate surface area is 218 Å². The topological polar surface area (TPSA) is 84.7 Å². The first-order valence-corrected chi connectivity index (χ1v) is 13.8. The van der Waals surface area contributed by atoms with Gasteiger partial charge in [0.2, 0.25) is 15.8 Å². The van der Waals surface area contributed by atoms with Crippen LogP contribution in [0.3, 0.4) is 0 Å². The predicted octanol–water partition coefficient (Wildman–Crippen LogP) is 4.00. The zero-order valence-corrected chi connectivity index (χ0v) is 21.4. The fourth-order valence-corrected chi connectivity index (χ4v) is 6.37. The first kappa shape index (κ1) is 25.6. The number of anilines is 1. The number of ether oxygens (including phenoxy) is 1. The number of nitrogens with zero attached hydrogens (tertiary/aromatic N) is 4. The van der Waals surface area contributed by atoms with Gasteiger partial charge in [0.15, 0.2) is 0 Å². The lowest BCUT2D eigenvalue weighted by atomic mass is 10.2. The van der Waals surface area contributed by atoms with Crippen LogP contribution in [-0.4, -0.2) is 54.8 Å². The zero-order chi connectivity index (χ0) is 26.2. The van der Waals surface area contributed by atoms with E-state index in [1.165, 1.54) is 10.9 Å². The molecule has 0 bridgehead atoms. The Morgan fingerprint density at radius 3 is 2.41 bits per heavy atom. The third kappa shape index (κ3) is 5.21. The van der Waals surface area contributed by atoms with Gasteiger partial charge in [0, 0.05) is 37.3 Å². The van der Waals surface area contributed by atoms with Gasteiger partial charge in [-0.1, -0.05) is 17.7 Å². The van der Waals surface area contributed by atoms with Crippen molar-refractivity contribution in [3.8, 4) is 11.4 Å². The molecular formula is C25H25ClF2N4O4S. The highest BCUT2D eigenvalue weighted by Gasteiger charge is 2.33. The first-order chi connectivity index (χ1) is 17.7. The number of rotatable bonds is 6. The van der Waals surface area contributed by atoms with E-state index in [1.807, 2.05) is 4.90 Å². The number of sulfonamides is 1. The number of hydrogen-bond donors (Lipinski definition) is 0. The lowest BCUT2D eigenvalue weighted by molar-refractivity contribution is 0.205. The van der Waals surface area contributed by atoms with Crippen molar-refractivity contribution < 1.29 is 21.9 Å². The summed E-state index contributed by atoms with van der Waals surface area (Å²) in [5.41, 5.74) is 0.535. The Bertz CT molecular complexity index is 1470. The van der Waals surface area contributed by atoms with Crippen LogP contribution in [0.15, 0.2) is 58.4 Å². The molecule has 1 saturated carbocycles. The lowest BCUT2D eigenvalue weighted by Gasteiger charge is -2.36. The van der Waals surface area contributed by atoms with Crippen LogP contribution >= 0.6 is 11.6 Å². The molecule has 0 amide bonds. The Morgan fingerprint density at radius 2 is 1.73 bits per heavy atom. The van der Waals surface area contributed by atoms with Gasteiger partial charge in [-0.15, -0.1) is 0 Å². The summed E-state index contributed by atoms with van der Waals surface area (Å²) in [6.45, 7) is 0.537. The minimum atomic E-state index is -4.16. The van der Waals surface area contributed by atoms with Gasteiger partial charge < -0.3 is 9.64 Å². The molecule has 8 nitrogen and oxygen atoms in total. The highest BCUT2D eigenvalue weighted by Crippen LogP contribution is 2.31. The molecule has 1 aromatic heterocycles. The number of piperazine rings is 1. The third-order valence-electron chi connectivity index (χ3n) is 6.65. The third-order valence-corrected chi connectivity index (χ3v) is 8.81. The fourth-order valence-electron chi connectivity index (χ4n) is 4.72. The standard InChI is InChI=1S/C25H25ClF2N4O4S/c26-17-4-3-5-19(14-17)32-25(33)24(36-20-6-1-2-7-20)22(16-29-32)30-10-12-31(13-11-30)37(34,35)23-9-8-18(27)15-21(23)28/h3-5,8-9,14-16,20H,1-2,6-7,10-13H2. The molecule has 5 rings (SSSR count). The van der Waals surface area contributed by atoms with Crippen LogP contribution in [0.5, 0.6) is 5.75 Å². The molecule has 196 valence electrons. The average Bonchev–Trinajstić information content (AvgIpc) is 3.38. The van der Waals surface area contributed by atoms with Crippen LogP contribution in [0.2, 0.25) is 5.02 Å². The Balaban J connectivity index is 1.43. The molecule has 0 unspecified atom stereocenters. The molecule has 1 aliphatic carbocycles. The molecular weight excluding hydrogens is 526 g/mol.